The van der Waals surface area contributed by atoms with Crippen molar-refractivity contribution in [2.45, 2.75) is 33.7 Å². The Morgan fingerprint density at radius 1 is 1.19 bits per heavy atom. The van der Waals surface area contributed by atoms with Crippen LogP contribution in [0, 0.1) is 6.92 Å². The lowest BCUT2D eigenvalue weighted by atomic mass is 10.3. The van der Waals surface area contributed by atoms with Crippen molar-refractivity contribution in [2.24, 2.45) is 0 Å². The minimum atomic E-state index is -2.74. The quantitative estimate of drug-likeness (QED) is 0.448. The molecule has 0 aliphatic rings. The molecule has 8 nitrogen and oxygen atoms in total. The molecule has 0 radical (unpaired) electrons. The summed E-state index contributed by atoms with van der Waals surface area (Å²) in [5.74, 6) is -0.109. The first-order chi connectivity index (χ1) is 15.4. The Bertz CT molecular complexity index is 1260. The van der Waals surface area contributed by atoms with E-state index in [2.05, 4.69) is 39.1 Å². The van der Waals surface area contributed by atoms with E-state index in [9.17, 15) is 13.6 Å². The summed E-state index contributed by atoms with van der Waals surface area (Å²) in [4.78, 5) is 24.2. The number of anilines is 1. The minimum Gasteiger partial charge on any atom is -0.309 e. The number of aryl methyl sites for hydroxylation is 1. The molecule has 3 aromatic heterocycles. The molecule has 0 fully saturated rings. The van der Waals surface area contributed by atoms with Crippen LogP contribution in [-0.4, -0.2) is 54.6 Å². The SMILES string of the molecule is CCN(CC)CCn1c(NC(=O)c2cnn3c(C(F)F)cc(C)nc23)nc2ccccc21. The van der Waals surface area contributed by atoms with E-state index in [-0.39, 0.29) is 16.9 Å². The van der Waals surface area contributed by atoms with Crippen molar-refractivity contribution >= 4 is 28.5 Å². The molecule has 1 amide bonds. The number of imidazole rings is 1. The molecule has 10 heteroatoms. The second-order valence-corrected chi connectivity index (χ2v) is 7.47. The van der Waals surface area contributed by atoms with Gasteiger partial charge in [0.2, 0.25) is 5.95 Å². The Morgan fingerprint density at radius 2 is 1.94 bits per heavy atom. The highest BCUT2D eigenvalue weighted by Crippen LogP contribution is 2.23. The van der Waals surface area contributed by atoms with Gasteiger partial charge in [-0.05, 0) is 38.2 Å². The van der Waals surface area contributed by atoms with Crippen molar-refractivity contribution in [3.05, 3.63) is 53.5 Å². The number of hydrogen-bond acceptors (Lipinski definition) is 5. The second-order valence-electron chi connectivity index (χ2n) is 7.47. The molecule has 0 bridgehead atoms. The molecule has 4 aromatic rings. The average molecular weight is 441 g/mol. The molecule has 0 saturated heterocycles. The number of aromatic nitrogens is 5. The second kappa shape index (κ2) is 8.99. The number of hydrogen-bond donors (Lipinski definition) is 1. The fourth-order valence-corrected chi connectivity index (χ4v) is 3.78. The summed E-state index contributed by atoms with van der Waals surface area (Å²) in [6, 6.07) is 8.91. The fraction of sp³-hybridized carbons (Fsp3) is 0.364. The van der Waals surface area contributed by atoms with E-state index in [1.807, 2.05) is 28.8 Å². The maximum absolute atomic E-state index is 13.4. The summed E-state index contributed by atoms with van der Waals surface area (Å²) in [5, 5.41) is 6.81. The third-order valence-electron chi connectivity index (χ3n) is 5.51. The molecule has 0 aliphatic carbocycles. The van der Waals surface area contributed by atoms with Crippen molar-refractivity contribution < 1.29 is 13.6 Å². The zero-order valence-corrected chi connectivity index (χ0v) is 18.2. The summed E-state index contributed by atoms with van der Waals surface area (Å²) in [6.45, 7) is 9.09. The standard InChI is InChI=1S/C22H25F2N7O/c1-4-29(5-2)10-11-30-17-9-7-6-8-16(17)27-22(30)28-21(32)15-13-25-31-18(19(23)24)12-14(3)26-20(15)31/h6-9,12-13,19H,4-5,10-11H2,1-3H3,(H,27,28,32). The van der Waals surface area contributed by atoms with Gasteiger partial charge in [-0.25, -0.2) is 23.3 Å². The maximum atomic E-state index is 13.4. The van der Waals surface area contributed by atoms with Crippen LogP contribution in [0.15, 0.2) is 36.5 Å². The number of benzene rings is 1. The molecular weight excluding hydrogens is 416 g/mol. The number of likely N-dealkylation sites (N-methyl/N-ethyl adjacent to an activating group) is 1. The third-order valence-corrected chi connectivity index (χ3v) is 5.51. The average Bonchev–Trinajstić information content (AvgIpc) is 3.35. The van der Waals surface area contributed by atoms with Crippen LogP contribution in [0.2, 0.25) is 0 Å². The number of rotatable bonds is 8. The predicted octanol–water partition coefficient (Wildman–Crippen LogP) is 3.92. The molecular formula is C22H25F2N7O. The van der Waals surface area contributed by atoms with E-state index < -0.39 is 12.3 Å². The minimum absolute atomic E-state index is 0.0867. The van der Waals surface area contributed by atoms with E-state index in [4.69, 9.17) is 0 Å². The van der Waals surface area contributed by atoms with Crippen molar-refractivity contribution in [2.75, 3.05) is 25.0 Å². The van der Waals surface area contributed by atoms with Gasteiger partial charge in [-0.3, -0.25) is 10.1 Å². The van der Waals surface area contributed by atoms with Gasteiger partial charge < -0.3 is 9.47 Å². The summed E-state index contributed by atoms with van der Waals surface area (Å²) < 4.78 is 29.8. The highest BCUT2D eigenvalue weighted by atomic mass is 19.3. The van der Waals surface area contributed by atoms with E-state index in [0.29, 0.717) is 18.2 Å². The lowest BCUT2D eigenvalue weighted by Crippen LogP contribution is -2.27. The summed E-state index contributed by atoms with van der Waals surface area (Å²) >= 11 is 0. The van der Waals surface area contributed by atoms with Crippen molar-refractivity contribution in [3.8, 4) is 0 Å². The number of carbonyl (C=O) groups excluding carboxylic acids is 1. The number of carbonyl (C=O) groups is 1. The first kappa shape index (κ1) is 21.8. The Morgan fingerprint density at radius 3 is 2.66 bits per heavy atom. The third kappa shape index (κ3) is 4.05. The monoisotopic (exact) mass is 441 g/mol. The molecule has 0 atom stereocenters. The van der Waals surface area contributed by atoms with Gasteiger partial charge in [-0.15, -0.1) is 0 Å². The molecule has 0 spiro atoms. The molecule has 168 valence electrons. The Kier molecular flexibility index (Phi) is 6.13. The molecule has 0 saturated carbocycles. The van der Waals surface area contributed by atoms with E-state index in [1.165, 1.54) is 12.3 Å². The van der Waals surface area contributed by atoms with Crippen LogP contribution >= 0.6 is 0 Å². The van der Waals surface area contributed by atoms with Crippen molar-refractivity contribution in [1.29, 1.82) is 0 Å². The van der Waals surface area contributed by atoms with Gasteiger partial charge in [0.15, 0.2) is 5.65 Å². The number of nitrogens with zero attached hydrogens (tertiary/aromatic N) is 6. The number of para-hydroxylation sites is 2. The van der Waals surface area contributed by atoms with Gasteiger partial charge in [0.1, 0.15) is 11.3 Å². The largest absolute Gasteiger partial charge is 0.309 e. The summed E-state index contributed by atoms with van der Waals surface area (Å²) in [7, 11) is 0. The Balaban J connectivity index is 1.69. The van der Waals surface area contributed by atoms with Gasteiger partial charge in [0.05, 0.1) is 17.2 Å². The number of fused-ring (bicyclic) bond motifs is 2. The zero-order chi connectivity index (χ0) is 22.8. The normalized spacial score (nSPS) is 11.8. The summed E-state index contributed by atoms with van der Waals surface area (Å²) in [6.07, 6.45) is -1.48. The zero-order valence-electron chi connectivity index (χ0n) is 18.2. The molecule has 0 unspecified atom stereocenters. The van der Waals surface area contributed by atoms with E-state index in [1.54, 1.807) is 6.92 Å². The number of nitrogens with one attached hydrogen (secondary N) is 1. The number of halogens is 2. The molecule has 1 aromatic carbocycles. The van der Waals surface area contributed by atoms with Crippen LogP contribution in [-0.2, 0) is 6.54 Å². The first-order valence-corrected chi connectivity index (χ1v) is 10.5. The van der Waals surface area contributed by atoms with Crippen LogP contribution in [0.3, 0.4) is 0 Å². The van der Waals surface area contributed by atoms with Crippen LogP contribution in [0.1, 0.15) is 42.0 Å². The van der Waals surface area contributed by atoms with Crippen LogP contribution in [0.25, 0.3) is 16.7 Å². The highest BCUT2D eigenvalue weighted by Gasteiger charge is 2.22. The lowest BCUT2D eigenvalue weighted by molar-refractivity contribution is 0.102. The van der Waals surface area contributed by atoms with Gasteiger partial charge in [0, 0.05) is 18.8 Å². The van der Waals surface area contributed by atoms with E-state index >= 15 is 0 Å². The first-order valence-electron chi connectivity index (χ1n) is 10.5. The van der Waals surface area contributed by atoms with Crippen LogP contribution < -0.4 is 5.32 Å². The number of amides is 1. The van der Waals surface area contributed by atoms with Crippen molar-refractivity contribution in [1.82, 2.24) is 29.0 Å². The number of alkyl halides is 2. The van der Waals surface area contributed by atoms with Crippen molar-refractivity contribution in [3.63, 3.8) is 0 Å². The summed E-state index contributed by atoms with van der Waals surface area (Å²) in [5.41, 5.74) is 1.94. The molecule has 3 heterocycles. The lowest BCUT2D eigenvalue weighted by Gasteiger charge is -2.19. The predicted molar refractivity (Wildman–Crippen MR) is 118 cm³/mol. The van der Waals surface area contributed by atoms with Gasteiger partial charge >= 0.3 is 0 Å². The van der Waals surface area contributed by atoms with Gasteiger partial charge in [-0.2, -0.15) is 5.10 Å². The molecule has 32 heavy (non-hydrogen) atoms. The van der Waals surface area contributed by atoms with Crippen LogP contribution in [0.4, 0.5) is 14.7 Å². The maximum Gasteiger partial charge on any atom is 0.280 e. The topological polar surface area (TPSA) is 80.3 Å². The Hall–Kier alpha value is -3.40. The molecule has 4 rings (SSSR count). The van der Waals surface area contributed by atoms with Crippen LogP contribution in [0.5, 0.6) is 0 Å². The molecule has 1 N–H and O–H groups in total. The van der Waals surface area contributed by atoms with Gasteiger partial charge in [-0.1, -0.05) is 26.0 Å². The molecule has 0 aliphatic heterocycles. The van der Waals surface area contributed by atoms with E-state index in [0.717, 1.165) is 35.2 Å². The highest BCUT2D eigenvalue weighted by molar-refractivity contribution is 6.08. The fourth-order valence-electron chi connectivity index (χ4n) is 3.78. The Labute approximate surface area is 183 Å². The van der Waals surface area contributed by atoms with Gasteiger partial charge in [0.25, 0.3) is 12.3 Å². The smallest absolute Gasteiger partial charge is 0.280 e.